The van der Waals surface area contributed by atoms with Crippen molar-refractivity contribution >= 4 is 5.91 Å². The number of carbonyl (C=O) groups is 1. The fourth-order valence-corrected chi connectivity index (χ4v) is 4.42. The molecule has 1 amide bonds. The summed E-state index contributed by atoms with van der Waals surface area (Å²) in [5, 5.41) is 8.41. The van der Waals surface area contributed by atoms with Crippen molar-refractivity contribution in [2.45, 2.75) is 45.2 Å². The number of benzene rings is 1. The first-order valence-electron chi connectivity index (χ1n) is 11.0. The molecule has 0 spiro atoms. The summed E-state index contributed by atoms with van der Waals surface area (Å²) in [6.45, 7) is 6.33. The minimum atomic E-state index is 0.0561. The van der Waals surface area contributed by atoms with Gasteiger partial charge in [-0.1, -0.05) is 12.1 Å². The first-order chi connectivity index (χ1) is 14.7. The highest BCUT2D eigenvalue weighted by Crippen LogP contribution is 2.26. The average molecular weight is 413 g/mol. The molecule has 1 aliphatic carbocycles. The predicted octanol–water partition coefficient (Wildman–Crippen LogP) is 2.07. The van der Waals surface area contributed by atoms with Crippen LogP contribution in [0.15, 0.2) is 24.3 Å². The number of hydrogen-bond donors (Lipinski definition) is 1. The highest BCUT2D eigenvalue weighted by atomic mass is 16.5. The van der Waals surface area contributed by atoms with E-state index in [0.717, 1.165) is 50.1 Å². The number of amides is 1. The molecule has 1 atom stereocenters. The van der Waals surface area contributed by atoms with Gasteiger partial charge in [-0.05, 0) is 56.8 Å². The molecule has 1 aromatic heterocycles. The van der Waals surface area contributed by atoms with E-state index in [9.17, 15) is 4.79 Å². The molecule has 1 N–H and O–H groups in total. The van der Waals surface area contributed by atoms with Crippen LogP contribution >= 0.6 is 0 Å². The molecular weight excluding hydrogens is 380 g/mol. The largest absolute Gasteiger partial charge is 0.497 e. The molecule has 1 saturated heterocycles. The Balaban J connectivity index is 1.40. The van der Waals surface area contributed by atoms with Gasteiger partial charge in [-0.15, -0.1) is 0 Å². The molecule has 1 aliphatic heterocycles. The van der Waals surface area contributed by atoms with Gasteiger partial charge >= 0.3 is 0 Å². The fourth-order valence-electron chi connectivity index (χ4n) is 4.42. The smallest absolute Gasteiger partial charge is 0.274 e. The second-order valence-electron chi connectivity index (χ2n) is 7.99. The number of methoxy groups -OCH3 is 1. The highest BCUT2D eigenvalue weighted by Gasteiger charge is 2.31. The monoisotopic (exact) mass is 412 g/mol. The summed E-state index contributed by atoms with van der Waals surface area (Å²) in [4.78, 5) is 15.0. The Morgan fingerprint density at radius 2 is 2.03 bits per heavy atom. The molecule has 2 aliphatic rings. The number of aryl methyl sites for hydroxylation is 1. The molecule has 2 aromatic rings. The van der Waals surface area contributed by atoms with Gasteiger partial charge in [-0.2, -0.15) is 5.10 Å². The molecule has 0 bridgehead atoms. The molecule has 7 nitrogen and oxygen atoms in total. The van der Waals surface area contributed by atoms with Crippen LogP contribution in [0.25, 0.3) is 0 Å². The second-order valence-corrected chi connectivity index (χ2v) is 7.99. The third-order valence-corrected chi connectivity index (χ3v) is 6.15. The molecule has 0 unspecified atom stereocenters. The van der Waals surface area contributed by atoms with Crippen LogP contribution in [0.3, 0.4) is 0 Å². The standard InChI is InChI=1S/C23H32N4O3/c1-3-27-21-9-6-18(24-11-10-17-4-7-19(29-2)8-5-17)16-20(21)22(25-27)23(28)26-12-14-30-15-13-26/h4-5,7-8,18,24H,3,6,9-16H2,1-2H3/t18-/m1/s1. The number of ether oxygens (including phenoxy) is 2. The van der Waals surface area contributed by atoms with Gasteiger partial charge in [-0.3, -0.25) is 9.48 Å². The van der Waals surface area contributed by atoms with E-state index in [1.807, 2.05) is 21.7 Å². The Kier molecular flexibility index (Phi) is 6.69. The van der Waals surface area contributed by atoms with Gasteiger partial charge in [0, 0.05) is 36.9 Å². The molecule has 30 heavy (non-hydrogen) atoms. The number of nitrogens with zero attached hydrogens (tertiary/aromatic N) is 3. The Hall–Kier alpha value is -2.38. The van der Waals surface area contributed by atoms with Gasteiger partial charge in [0.1, 0.15) is 5.75 Å². The number of hydrogen-bond acceptors (Lipinski definition) is 5. The van der Waals surface area contributed by atoms with Gasteiger partial charge in [0.25, 0.3) is 5.91 Å². The first-order valence-corrected chi connectivity index (χ1v) is 11.0. The molecule has 0 saturated carbocycles. The normalized spacial score (nSPS) is 18.9. The summed E-state index contributed by atoms with van der Waals surface area (Å²) in [7, 11) is 1.69. The quantitative estimate of drug-likeness (QED) is 0.754. The maximum absolute atomic E-state index is 13.1. The zero-order chi connectivity index (χ0) is 20.9. The molecule has 1 fully saturated rings. The minimum absolute atomic E-state index is 0.0561. The van der Waals surface area contributed by atoms with Crippen LogP contribution in [0.2, 0.25) is 0 Å². The highest BCUT2D eigenvalue weighted by molar-refractivity contribution is 5.94. The lowest BCUT2D eigenvalue weighted by molar-refractivity contribution is 0.0297. The topological polar surface area (TPSA) is 68.6 Å². The average Bonchev–Trinajstić information content (AvgIpc) is 3.17. The third kappa shape index (κ3) is 4.52. The van der Waals surface area contributed by atoms with Crippen molar-refractivity contribution in [3.8, 4) is 5.75 Å². The Labute approximate surface area is 178 Å². The van der Waals surface area contributed by atoms with E-state index in [1.165, 1.54) is 11.3 Å². The van der Waals surface area contributed by atoms with Crippen LogP contribution in [0, 0.1) is 0 Å². The van der Waals surface area contributed by atoms with Gasteiger partial charge in [0.15, 0.2) is 5.69 Å². The van der Waals surface area contributed by atoms with E-state index in [2.05, 4.69) is 24.4 Å². The van der Waals surface area contributed by atoms with E-state index < -0.39 is 0 Å². The number of carbonyl (C=O) groups excluding carboxylic acids is 1. The van der Waals surface area contributed by atoms with Crippen LogP contribution in [-0.4, -0.2) is 66.6 Å². The number of rotatable bonds is 7. The summed E-state index contributed by atoms with van der Waals surface area (Å²) in [6.07, 6.45) is 3.88. The van der Waals surface area contributed by atoms with Crippen molar-refractivity contribution in [3.63, 3.8) is 0 Å². The molecule has 0 radical (unpaired) electrons. The van der Waals surface area contributed by atoms with Crippen molar-refractivity contribution in [1.29, 1.82) is 0 Å². The van der Waals surface area contributed by atoms with Crippen LogP contribution in [0.5, 0.6) is 5.75 Å². The van der Waals surface area contributed by atoms with Crippen molar-refractivity contribution in [1.82, 2.24) is 20.0 Å². The zero-order valence-corrected chi connectivity index (χ0v) is 18.0. The fraction of sp³-hybridized carbons (Fsp3) is 0.565. The SMILES string of the molecule is CCn1nc(C(=O)N2CCOCC2)c2c1CC[C@@H](NCCc1ccc(OC)cc1)C2. The van der Waals surface area contributed by atoms with Crippen LogP contribution in [-0.2, 0) is 30.5 Å². The Bertz CT molecular complexity index is 856. The summed E-state index contributed by atoms with van der Waals surface area (Å²) in [6, 6.07) is 8.62. The predicted molar refractivity (Wildman–Crippen MR) is 115 cm³/mol. The van der Waals surface area contributed by atoms with E-state index in [1.54, 1.807) is 7.11 Å². The van der Waals surface area contributed by atoms with Gasteiger partial charge in [-0.25, -0.2) is 0 Å². The van der Waals surface area contributed by atoms with E-state index in [-0.39, 0.29) is 5.91 Å². The van der Waals surface area contributed by atoms with E-state index in [0.29, 0.717) is 38.0 Å². The van der Waals surface area contributed by atoms with Gasteiger partial charge < -0.3 is 19.7 Å². The van der Waals surface area contributed by atoms with Crippen molar-refractivity contribution in [2.24, 2.45) is 0 Å². The summed E-state index contributed by atoms with van der Waals surface area (Å²) in [5.74, 6) is 0.942. The number of morpholine rings is 1. The van der Waals surface area contributed by atoms with Crippen LogP contribution < -0.4 is 10.1 Å². The van der Waals surface area contributed by atoms with Gasteiger partial charge in [0.05, 0.1) is 20.3 Å². The number of nitrogens with one attached hydrogen (secondary N) is 1. The molecule has 162 valence electrons. The zero-order valence-electron chi connectivity index (χ0n) is 18.0. The van der Waals surface area contributed by atoms with Gasteiger partial charge in [0.2, 0.25) is 0 Å². The summed E-state index contributed by atoms with van der Waals surface area (Å²) >= 11 is 0. The van der Waals surface area contributed by atoms with Crippen LogP contribution in [0.1, 0.15) is 40.7 Å². The molecule has 7 heteroatoms. The lowest BCUT2D eigenvalue weighted by Crippen LogP contribution is -2.42. The summed E-state index contributed by atoms with van der Waals surface area (Å²) in [5.41, 5.74) is 4.32. The first kappa shape index (κ1) is 20.9. The maximum atomic E-state index is 13.1. The lowest BCUT2D eigenvalue weighted by Gasteiger charge is -2.28. The summed E-state index contributed by atoms with van der Waals surface area (Å²) < 4.78 is 12.6. The Morgan fingerprint density at radius 3 is 2.73 bits per heavy atom. The molecule has 1 aromatic carbocycles. The number of fused-ring (bicyclic) bond motifs is 1. The molecular formula is C23H32N4O3. The lowest BCUT2D eigenvalue weighted by atomic mass is 9.91. The van der Waals surface area contributed by atoms with E-state index >= 15 is 0 Å². The number of aromatic nitrogens is 2. The molecule has 2 heterocycles. The second kappa shape index (κ2) is 9.62. The van der Waals surface area contributed by atoms with Crippen LogP contribution in [0.4, 0.5) is 0 Å². The van der Waals surface area contributed by atoms with Crippen molar-refractivity contribution in [3.05, 3.63) is 46.8 Å². The molecule has 4 rings (SSSR count). The third-order valence-electron chi connectivity index (χ3n) is 6.15. The van der Waals surface area contributed by atoms with E-state index in [4.69, 9.17) is 14.6 Å². The Morgan fingerprint density at radius 1 is 1.27 bits per heavy atom. The maximum Gasteiger partial charge on any atom is 0.274 e. The van der Waals surface area contributed by atoms with Crippen molar-refractivity contribution in [2.75, 3.05) is 40.0 Å². The van der Waals surface area contributed by atoms with Crippen molar-refractivity contribution < 1.29 is 14.3 Å². The minimum Gasteiger partial charge on any atom is -0.497 e.